The highest BCUT2D eigenvalue weighted by Crippen LogP contribution is 2.45. The fourth-order valence-electron chi connectivity index (χ4n) is 6.65. The average molecular weight is 440 g/mol. The first-order valence-electron chi connectivity index (χ1n) is 12.4. The molecule has 4 unspecified atom stereocenters. The van der Waals surface area contributed by atoms with E-state index in [-0.39, 0.29) is 6.03 Å². The quantitative estimate of drug-likeness (QED) is 0.708. The maximum atomic E-state index is 13.2. The zero-order valence-corrected chi connectivity index (χ0v) is 19.5. The molecule has 3 aliphatic heterocycles. The molecule has 2 bridgehead atoms. The lowest BCUT2D eigenvalue weighted by atomic mass is 9.68. The summed E-state index contributed by atoms with van der Waals surface area (Å²) in [5.74, 6) is 2.75. The number of ether oxygens (including phenoxy) is 2. The standard InChI is InChI=1S/C26H37N3O3/c1-31-23-9-8-18(14-24(23)32-2)10-11-27-26(30)29-13-5-6-19-15-20-16-21(25(19)29)17-28-12-4-3-7-22(20)28/h8-9,14-15,20-22,25H,3-7,10-13,16-17H2,1-2H3,(H,27,30). The second kappa shape index (κ2) is 9.34. The average Bonchev–Trinajstić information content (AvgIpc) is 2.83. The molecule has 4 atom stereocenters. The van der Waals surface area contributed by atoms with Gasteiger partial charge in [0, 0.05) is 25.7 Å². The molecule has 4 aliphatic rings. The van der Waals surface area contributed by atoms with Gasteiger partial charge in [0.15, 0.2) is 11.5 Å². The molecule has 1 aliphatic carbocycles. The first kappa shape index (κ1) is 21.6. The second-order valence-electron chi connectivity index (χ2n) is 9.87. The van der Waals surface area contributed by atoms with Crippen molar-refractivity contribution in [3.63, 3.8) is 0 Å². The Kier molecular flexibility index (Phi) is 6.31. The van der Waals surface area contributed by atoms with Crippen molar-refractivity contribution in [3.05, 3.63) is 35.4 Å². The maximum absolute atomic E-state index is 13.2. The van der Waals surface area contributed by atoms with E-state index < -0.39 is 0 Å². The summed E-state index contributed by atoms with van der Waals surface area (Å²) in [6.07, 6.45) is 10.9. The summed E-state index contributed by atoms with van der Waals surface area (Å²) in [6.45, 7) is 3.90. The van der Waals surface area contributed by atoms with Crippen LogP contribution in [0.15, 0.2) is 29.8 Å². The number of piperidine rings is 3. The van der Waals surface area contributed by atoms with E-state index in [0.717, 1.165) is 42.5 Å². The summed E-state index contributed by atoms with van der Waals surface area (Å²) in [5, 5.41) is 3.20. The van der Waals surface area contributed by atoms with E-state index in [1.54, 1.807) is 14.2 Å². The molecule has 5 rings (SSSR count). The van der Waals surface area contributed by atoms with Crippen LogP contribution < -0.4 is 14.8 Å². The lowest BCUT2D eigenvalue weighted by Gasteiger charge is -2.54. The molecule has 6 nitrogen and oxygen atoms in total. The normalized spacial score (nSPS) is 29.4. The van der Waals surface area contributed by atoms with Crippen molar-refractivity contribution in [1.82, 2.24) is 15.1 Å². The minimum Gasteiger partial charge on any atom is -0.493 e. The van der Waals surface area contributed by atoms with Gasteiger partial charge in [-0.05, 0) is 74.6 Å². The molecule has 1 aromatic rings. The van der Waals surface area contributed by atoms with E-state index in [9.17, 15) is 4.79 Å². The highest BCUT2D eigenvalue weighted by molar-refractivity contribution is 5.75. The third-order valence-corrected chi connectivity index (χ3v) is 8.06. The third-order valence-electron chi connectivity index (χ3n) is 8.06. The van der Waals surface area contributed by atoms with Crippen molar-refractivity contribution >= 4 is 6.03 Å². The van der Waals surface area contributed by atoms with E-state index in [1.807, 2.05) is 18.2 Å². The van der Waals surface area contributed by atoms with Gasteiger partial charge >= 0.3 is 6.03 Å². The van der Waals surface area contributed by atoms with Crippen LogP contribution >= 0.6 is 0 Å². The van der Waals surface area contributed by atoms with Gasteiger partial charge in [-0.15, -0.1) is 0 Å². The van der Waals surface area contributed by atoms with Crippen LogP contribution in [0.2, 0.25) is 0 Å². The van der Waals surface area contributed by atoms with Crippen molar-refractivity contribution in [2.75, 3.05) is 40.4 Å². The molecule has 3 saturated heterocycles. The topological polar surface area (TPSA) is 54.0 Å². The summed E-state index contributed by atoms with van der Waals surface area (Å²) in [5.41, 5.74) is 2.67. The molecule has 0 spiro atoms. The molecule has 3 fully saturated rings. The Morgan fingerprint density at radius 3 is 2.84 bits per heavy atom. The minimum absolute atomic E-state index is 0.0975. The molecule has 0 saturated carbocycles. The number of urea groups is 1. The molecule has 0 radical (unpaired) electrons. The van der Waals surface area contributed by atoms with Crippen LogP contribution in [0, 0.1) is 11.8 Å². The van der Waals surface area contributed by atoms with E-state index in [1.165, 1.54) is 50.8 Å². The minimum atomic E-state index is 0.0975. The molecule has 1 aromatic carbocycles. The SMILES string of the molecule is COc1ccc(CCNC(=O)N2CCCC3=CC4CC(CN5CCCCC45)C32)cc1OC. The second-order valence-corrected chi connectivity index (χ2v) is 9.87. The number of methoxy groups -OCH3 is 2. The summed E-state index contributed by atoms with van der Waals surface area (Å²) in [7, 11) is 3.29. The Morgan fingerprint density at radius 1 is 1.12 bits per heavy atom. The Labute approximate surface area is 191 Å². The first-order valence-corrected chi connectivity index (χ1v) is 12.4. The number of nitrogens with zero attached hydrogens (tertiary/aromatic N) is 2. The van der Waals surface area contributed by atoms with E-state index in [4.69, 9.17) is 9.47 Å². The molecule has 6 heteroatoms. The largest absolute Gasteiger partial charge is 0.493 e. The van der Waals surface area contributed by atoms with Crippen LogP contribution in [0.1, 0.15) is 44.1 Å². The van der Waals surface area contributed by atoms with Crippen LogP contribution in [0.25, 0.3) is 0 Å². The van der Waals surface area contributed by atoms with Crippen LogP contribution in [-0.4, -0.2) is 68.3 Å². The zero-order valence-electron chi connectivity index (χ0n) is 19.5. The van der Waals surface area contributed by atoms with Gasteiger partial charge in [-0.2, -0.15) is 0 Å². The van der Waals surface area contributed by atoms with E-state index in [2.05, 4.69) is 21.2 Å². The number of fused-ring (bicyclic) bond motifs is 6. The number of likely N-dealkylation sites (tertiary alicyclic amines) is 1. The van der Waals surface area contributed by atoms with Gasteiger partial charge < -0.3 is 19.7 Å². The summed E-state index contributed by atoms with van der Waals surface area (Å²) in [4.78, 5) is 18.1. The van der Waals surface area contributed by atoms with Crippen LogP contribution in [-0.2, 0) is 6.42 Å². The molecule has 0 aromatic heterocycles. The zero-order chi connectivity index (χ0) is 22.1. The number of hydrogen-bond acceptors (Lipinski definition) is 4. The number of nitrogens with one attached hydrogen (secondary N) is 1. The van der Waals surface area contributed by atoms with Gasteiger partial charge in [0.05, 0.1) is 20.3 Å². The summed E-state index contributed by atoms with van der Waals surface area (Å²) in [6, 6.07) is 7.09. The smallest absolute Gasteiger partial charge is 0.317 e. The van der Waals surface area contributed by atoms with Crippen LogP contribution in [0.3, 0.4) is 0 Å². The molecule has 1 N–H and O–H groups in total. The predicted molar refractivity (Wildman–Crippen MR) is 125 cm³/mol. The van der Waals surface area contributed by atoms with Crippen LogP contribution in [0.4, 0.5) is 4.79 Å². The molecular weight excluding hydrogens is 402 g/mol. The van der Waals surface area contributed by atoms with Gasteiger partial charge in [-0.1, -0.05) is 24.1 Å². The van der Waals surface area contributed by atoms with Crippen molar-refractivity contribution in [3.8, 4) is 11.5 Å². The third kappa shape index (κ3) is 4.09. The van der Waals surface area contributed by atoms with Gasteiger partial charge in [0.2, 0.25) is 0 Å². The Morgan fingerprint density at radius 2 is 2.00 bits per heavy atom. The molecule has 3 heterocycles. The van der Waals surface area contributed by atoms with E-state index in [0.29, 0.717) is 24.4 Å². The fraction of sp³-hybridized carbons (Fsp3) is 0.654. The monoisotopic (exact) mass is 439 g/mol. The number of benzene rings is 1. The van der Waals surface area contributed by atoms with Crippen molar-refractivity contribution in [1.29, 1.82) is 0 Å². The number of carbonyl (C=O) groups is 1. The Bertz CT molecular complexity index is 870. The number of amides is 2. The van der Waals surface area contributed by atoms with Crippen molar-refractivity contribution < 1.29 is 14.3 Å². The fourth-order valence-corrected chi connectivity index (χ4v) is 6.65. The number of hydrogen-bond donors (Lipinski definition) is 1. The number of carbonyl (C=O) groups excluding carboxylic acids is 1. The predicted octanol–water partition coefficient (Wildman–Crippen LogP) is 3.85. The van der Waals surface area contributed by atoms with Gasteiger partial charge in [0.1, 0.15) is 0 Å². The van der Waals surface area contributed by atoms with Crippen molar-refractivity contribution in [2.24, 2.45) is 11.8 Å². The van der Waals surface area contributed by atoms with Crippen molar-refractivity contribution in [2.45, 2.75) is 57.0 Å². The molecular formula is C26H37N3O3. The molecule has 32 heavy (non-hydrogen) atoms. The highest BCUT2D eigenvalue weighted by atomic mass is 16.5. The Balaban J connectivity index is 1.23. The molecule has 174 valence electrons. The van der Waals surface area contributed by atoms with E-state index >= 15 is 0 Å². The number of rotatable bonds is 5. The lowest BCUT2D eigenvalue weighted by molar-refractivity contribution is 0.00793. The maximum Gasteiger partial charge on any atom is 0.317 e. The summed E-state index contributed by atoms with van der Waals surface area (Å²) >= 11 is 0. The first-order chi connectivity index (χ1) is 15.7. The molecule has 2 amide bonds. The lowest BCUT2D eigenvalue weighted by Crippen LogP contribution is -2.61. The van der Waals surface area contributed by atoms with Gasteiger partial charge in [-0.25, -0.2) is 4.79 Å². The summed E-state index contributed by atoms with van der Waals surface area (Å²) < 4.78 is 10.7. The van der Waals surface area contributed by atoms with Gasteiger partial charge in [-0.3, -0.25) is 4.90 Å². The van der Waals surface area contributed by atoms with Crippen LogP contribution in [0.5, 0.6) is 11.5 Å². The van der Waals surface area contributed by atoms with Gasteiger partial charge in [0.25, 0.3) is 0 Å². The highest BCUT2D eigenvalue weighted by Gasteiger charge is 2.46. The Hall–Kier alpha value is -2.21.